The molecule has 2 aliphatic rings. The summed E-state index contributed by atoms with van der Waals surface area (Å²) in [5.74, 6) is 0.0812. The molecule has 5 heteroatoms. The Hall–Kier alpha value is -0.650. The number of amides is 1. The van der Waals surface area contributed by atoms with Crippen LogP contribution in [0.1, 0.15) is 45.4 Å². The number of nitrogens with one attached hydrogen (secondary N) is 1. The molecule has 0 radical (unpaired) electrons. The highest BCUT2D eigenvalue weighted by molar-refractivity contribution is 5.80. The van der Waals surface area contributed by atoms with Crippen LogP contribution in [-0.2, 0) is 9.53 Å². The van der Waals surface area contributed by atoms with E-state index < -0.39 is 0 Å². The smallest absolute Gasteiger partial charge is 0.225 e. The SMILES string of the molecule is CN(C)C1(CNC(=O)C2CCCCC2(C)N)CCOCC1. The third-order valence-corrected chi connectivity index (χ3v) is 5.53. The molecule has 1 amide bonds. The van der Waals surface area contributed by atoms with Crippen LogP contribution in [0.5, 0.6) is 0 Å². The second-order valence-corrected chi connectivity index (χ2v) is 7.25. The normalized spacial score (nSPS) is 32.9. The minimum atomic E-state index is -0.358. The van der Waals surface area contributed by atoms with E-state index in [-0.39, 0.29) is 22.9 Å². The van der Waals surface area contributed by atoms with Gasteiger partial charge in [0.1, 0.15) is 0 Å². The molecule has 1 aliphatic heterocycles. The van der Waals surface area contributed by atoms with Crippen molar-refractivity contribution >= 4 is 5.91 Å². The largest absolute Gasteiger partial charge is 0.381 e. The third-order valence-electron chi connectivity index (χ3n) is 5.53. The Morgan fingerprint density at radius 2 is 1.95 bits per heavy atom. The van der Waals surface area contributed by atoms with E-state index >= 15 is 0 Å². The summed E-state index contributed by atoms with van der Waals surface area (Å²) < 4.78 is 5.47. The summed E-state index contributed by atoms with van der Waals surface area (Å²) in [4.78, 5) is 14.8. The van der Waals surface area contributed by atoms with E-state index in [1.54, 1.807) is 0 Å². The minimum Gasteiger partial charge on any atom is -0.381 e. The predicted molar refractivity (Wildman–Crippen MR) is 84.0 cm³/mol. The fourth-order valence-corrected chi connectivity index (χ4v) is 3.70. The van der Waals surface area contributed by atoms with Crippen molar-refractivity contribution in [3.8, 4) is 0 Å². The number of carbonyl (C=O) groups is 1. The standard InChI is InChI=1S/C16H31N3O2/c1-15(17)7-5-4-6-13(15)14(20)18-12-16(19(2)3)8-10-21-11-9-16/h13H,4-12,17H2,1-3H3,(H,18,20). The number of likely N-dealkylation sites (N-methyl/N-ethyl adjacent to an activating group) is 1. The van der Waals surface area contributed by atoms with Crippen molar-refractivity contribution in [1.29, 1.82) is 0 Å². The summed E-state index contributed by atoms with van der Waals surface area (Å²) >= 11 is 0. The maximum absolute atomic E-state index is 12.6. The highest BCUT2D eigenvalue weighted by Crippen LogP contribution is 2.32. The van der Waals surface area contributed by atoms with E-state index in [0.29, 0.717) is 6.54 Å². The lowest BCUT2D eigenvalue weighted by molar-refractivity contribution is -0.129. The first-order valence-corrected chi connectivity index (χ1v) is 8.19. The first-order valence-electron chi connectivity index (χ1n) is 8.19. The second-order valence-electron chi connectivity index (χ2n) is 7.25. The molecule has 0 aromatic carbocycles. The molecule has 3 N–H and O–H groups in total. The fraction of sp³-hybridized carbons (Fsp3) is 0.938. The van der Waals surface area contributed by atoms with Crippen molar-refractivity contribution in [1.82, 2.24) is 10.2 Å². The predicted octanol–water partition coefficient (Wildman–Crippen LogP) is 1.12. The lowest BCUT2D eigenvalue weighted by atomic mass is 9.74. The van der Waals surface area contributed by atoms with Crippen molar-refractivity contribution in [3.05, 3.63) is 0 Å². The Morgan fingerprint density at radius 3 is 2.52 bits per heavy atom. The zero-order valence-electron chi connectivity index (χ0n) is 13.8. The Kier molecular flexibility index (Phi) is 5.28. The summed E-state index contributed by atoms with van der Waals surface area (Å²) in [6, 6.07) is 0. The second kappa shape index (κ2) is 6.63. The average molecular weight is 297 g/mol. The molecule has 1 heterocycles. The van der Waals surface area contributed by atoms with E-state index in [0.717, 1.165) is 51.7 Å². The summed E-state index contributed by atoms with van der Waals surface area (Å²) in [6.45, 7) is 4.25. The lowest BCUT2D eigenvalue weighted by Gasteiger charge is -2.44. The van der Waals surface area contributed by atoms with Crippen LogP contribution < -0.4 is 11.1 Å². The topological polar surface area (TPSA) is 67.6 Å². The van der Waals surface area contributed by atoms with Crippen LogP contribution in [0.15, 0.2) is 0 Å². The van der Waals surface area contributed by atoms with Gasteiger partial charge in [-0.25, -0.2) is 0 Å². The van der Waals surface area contributed by atoms with E-state index in [2.05, 4.69) is 24.3 Å². The van der Waals surface area contributed by atoms with E-state index in [1.165, 1.54) is 0 Å². The average Bonchev–Trinajstić information content (AvgIpc) is 2.45. The zero-order valence-corrected chi connectivity index (χ0v) is 13.8. The Morgan fingerprint density at radius 1 is 1.29 bits per heavy atom. The summed E-state index contributed by atoms with van der Waals surface area (Å²) in [5, 5.41) is 3.18. The molecule has 21 heavy (non-hydrogen) atoms. The molecule has 1 saturated heterocycles. The molecule has 2 unspecified atom stereocenters. The summed E-state index contributed by atoms with van der Waals surface area (Å²) in [7, 11) is 4.18. The van der Waals surface area contributed by atoms with E-state index in [1.807, 2.05) is 6.92 Å². The Bertz CT molecular complexity index is 363. The molecule has 1 saturated carbocycles. The van der Waals surface area contributed by atoms with E-state index in [9.17, 15) is 4.79 Å². The van der Waals surface area contributed by atoms with Crippen LogP contribution in [-0.4, -0.2) is 55.7 Å². The van der Waals surface area contributed by atoms with Crippen molar-refractivity contribution in [3.63, 3.8) is 0 Å². The fourth-order valence-electron chi connectivity index (χ4n) is 3.70. The van der Waals surface area contributed by atoms with Gasteiger partial charge in [-0.15, -0.1) is 0 Å². The molecule has 0 aromatic rings. The van der Waals surface area contributed by atoms with Gasteiger partial charge in [-0.1, -0.05) is 12.8 Å². The molecule has 122 valence electrons. The Labute approximate surface area is 128 Å². The van der Waals surface area contributed by atoms with E-state index in [4.69, 9.17) is 10.5 Å². The summed E-state index contributed by atoms with van der Waals surface area (Å²) in [6.07, 6.45) is 6.03. The van der Waals surface area contributed by atoms with Gasteiger partial charge in [0.15, 0.2) is 0 Å². The number of hydrogen-bond donors (Lipinski definition) is 2. The van der Waals surface area contributed by atoms with Crippen molar-refractivity contribution < 1.29 is 9.53 Å². The van der Waals surface area contributed by atoms with Gasteiger partial charge in [0.05, 0.1) is 5.92 Å². The quantitative estimate of drug-likeness (QED) is 0.816. The molecular weight excluding hydrogens is 266 g/mol. The van der Waals surface area contributed by atoms with Gasteiger partial charge in [-0.3, -0.25) is 4.79 Å². The van der Waals surface area contributed by atoms with Crippen molar-refractivity contribution in [2.24, 2.45) is 11.7 Å². The first kappa shape index (κ1) is 16.7. The van der Waals surface area contributed by atoms with Crippen LogP contribution >= 0.6 is 0 Å². The van der Waals surface area contributed by atoms with Crippen LogP contribution in [0.2, 0.25) is 0 Å². The van der Waals surface area contributed by atoms with Gasteiger partial charge >= 0.3 is 0 Å². The number of nitrogens with zero attached hydrogens (tertiary/aromatic N) is 1. The molecular formula is C16H31N3O2. The first-order chi connectivity index (χ1) is 9.87. The van der Waals surface area contributed by atoms with Crippen LogP contribution in [0.3, 0.4) is 0 Å². The molecule has 5 nitrogen and oxygen atoms in total. The number of carbonyl (C=O) groups excluding carboxylic acids is 1. The van der Waals surface area contributed by atoms with Gasteiger partial charge < -0.3 is 20.7 Å². The maximum atomic E-state index is 12.6. The molecule has 0 aromatic heterocycles. The maximum Gasteiger partial charge on any atom is 0.225 e. The third kappa shape index (κ3) is 3.76. The minimum absolute atomic E-state index is 0.0214. The molecule has 0 bridgehead atoms. The molecule has 2 atom stereocenters. The lowest BCUT2D eigenvalue weighted by Crippen LogP contribution is -2.58. The molecule has 0 spiro atoms. The van der Waals surface area contributed by atoms with Gasteiger partial charge in [-0.05, 0) is 46.7 Å². The number of nitrogens with two attached hydrogens (primary N) is 1. The van der Waals surface area contributed by atoms with Crippen LogP contribution in [0.4, 0.5) is 0 Å². The number of hydrogen-bond acceptors (Lipinski definition) is 4. The molecule has 2 fully saturated rings. The molecule has 2 rings (SSSR count). The summed E-state index contributed by atoms with van der Waals surface area (Å²) in [5.41, 5.74) is 6.00. The van der Waals surface area contributed by atoms with Gasteiger partial charge in [0, 0.05) is 30.8 Å². The highest BCUT2D eigenvalue weighted by atomic mass is 16.5. The number of ether oxygens (including phenoxy) is 1. The van der Waals surface area contributed by atoms with Crippen molar-refractivity contribution in [2.75, 3.05) is 33.9 Å². The zero-order chi connectivity index (χ0) is 15.5. The van der Waals surface area contributed by atoms with Crippen molar-refractivity contribution in [2.45, 2.75) is 56.5 Å². The highest BCUT2D eigenvalue weighted by Gasteiger charge is 2.40. The van der Waals surface area contributed by atoms with Gasteiger partial charge in [0.2, 0.25) is 5.91 Å². The van der Waals surface area contributed by atoms with Crippen LogP contribution in [0, 0.1) is 5.92 Å². The van der Waals surface area contributed by atoms with Crippen LogP contribution in [0.25, 0.3) is 0 Å². The monoisotopic (exact) mass is 297 g/mol. The molecule has 1 aliphatic carbocycles. The van der Waals surface area contributed by atoms with Gasteiger partial charge in [-0.2, -0.15) is 0 Å². The Balaban J connectivity index is 1.95. The number of rotatable bonds is 4. The van der Waals surface area contributed by atoms with Gasteiger partial charge in [0.25, 0.3) is 0 Å².